The maximum atomic E-state index is 16.8. The summed E-state index contributed by atoms with van der Waals surface area (Å²) in [4.78, 5) is 37.8. The molecule has 0 aliphatic carbocycles. The van der Waals surface area contributed by atoms with Crippen LogP contribution in [0.4, 0.5) is 10.2 Å². The Balaban J connectivity index is 1.14. The first-order valence-electron chi connectivity index (χ1n) is 16.8. The largest absolute Gasteiger partial charge is 0.461 e. The summed E-state index contributed by atoms with van der Waals surface area (Å²) in [6.07, 6.45) is 11.3. The molecule has 10 nitrogen and oxygen atoms in total. The zero-order valence-corrected chi connectivity index (χ0v) is 28.3. The maximum absolute atomic E-state index is 16.8. The molecule has 0 radical (unpaired) electrons. The van der Waals surface area contributed by atoms with Gasteiger partial charge < -0.3 is 19.0 Å². The molecular weight excluding hydrogens is 645 g/mol. The second-order valence-corrected chi connectivity index (χ2v) is 13.8. The van der Waals surface area contributed by atoms with E-state index < -0.39 is 5.82 Å². The van der Waals surface area contributed by atoms with Crippen LogP contribution in [0, 0.1) is 12.7 Å². The Labute approximate surface area is 288 Å². The molecule has 49 heavy (non-hydrogen) atoms. The van der Waals surface area contributed by atoms with Gasteiger partial charge in [-0.1, -0.05) is 41.9 Å². The third-order valence-electron chi connectivity index (χ3n) is 10.4. The van der Waals surface area contributed by atoms with Gasteiger partial charge in [0.25, 0.3) is 0 Å². The number of ether oxygens (including phenoxy) is 1. The normalized spacial score (nSPS) is 19.0. The zero-order valence-electron chi connectivity index (χ0n) is 27.5. The van der Waals surface area contributed by atoms with Crippen LogP contribution in [0.1, 0.15) is 43.7 Å². The second kappa shape index (κ2) is 12.7. The number of likely N-dealkylation sites (N-methyl/N-ethyl adjacent to an activating group) is 1. The number of aromatic nitrogens is 4. The number of nitrogens with zero attached hydrogens (tertiary/aromatic N) is 7. The fourth-order valence-electron chi connectivity index (χ4n) is 7.82. The molecule has 0 bridgehead atoms. The van der Waals surface area contributed by atoms with Crippen LogP contribution in [-0.4, -0.2) is 87.1 Å². The molecule has 0 saturated carbocycles. The van der Waals surface area contributed by atoms with Crippen molar-refractivity contribution in [2.24, 2.45) is 0 Å². The quantitative estimate of drug-likeness (QED) is 0.166. The number of hydrogen-bond acceptors (Lipinski definition) is 9. The predicted octanol–water partition coefficient (Wildman–Crippen LogP) is 6.69. The lowest BCUT2D eigenvalue weighted by atomic mass is 9.95. The molecule has 0 N–H and O–H groups in total. The highest BCUT2D eigenvalue weighted by Gasteiger charge is 2.45. The summed E-state index contributed by atoms with van der Waals surface area (Å²) < 4.78 is 28.6. The van der Waals surface area contributed by atoms with Crippen LogP contribution >= 0.6 is 11.6 Å². The highest BCUT2D eigenvalue weighted by molar-refractivity contribution is 6.36. The molecule has 5 aromatic rings. The second-order valence-electron chi connectivity index (χ2n) is 13.4. The van der Waals surface area contributed by atoms with Crippen molar-refractivity contribution in [2.45, 2.75) is 50.6 Å². The van der Waals surface area contributed by atoms with Gasteiger partial charge in [-0.3, -0.25) is 14.7 Å². The van der Waals surface area contributed by atoms with Crippen LogP contribution in [0.15, 0.2) is 59.4 Å². The average Bonchev–Trinajstić information content (AvgIpc) is 3.91. The van der Waals surface area contributed by atoms with E-state index in [1.807, 2.05) is 49.2 Å². The molecule has 3 aliphatic heterocycles. The van der Waals surface area contributed by atoms with Gasteiger partial charge in [0.2, 0.25) is 11.8 Å². The number of fused-ring (bicyclic) bond motifs is 3. The smallest absolute Gasteiger partial charge is 0.319 e. The van der Waals surface area contributed by atoms with Crippen molar-refractivity contribution in [1.29, 1.82) is 0 Å². The highest BCUT2D eigenvalue weighted by Crippen LogP contribution is 2.40. The molecular formula is C37H37ClFN7O3. The van der Waals surface area contributed by atoms with Crippen molar-refractivity contribution in [3.8, 4) is 17.3 Å². The van der Waals surface area contributed by atoms with Crippen molar-refractivity contribution in [2.75, 3.05) is 44.7 Å². The lowest BCUT2D eigenvalue weighted by molar-refractivity contribution is -0.124. The van der Waals surface area contributed by atoms with Crippen LogP contribution < -0.4 is 9.64 Å². The summed E-state index contributed by atoms with van der Waals surface area (Å²) in [5, 5.41) is 2.60. The van der Waals surface area contributed by atoms with E-state index in [0.717, 1.165) is 55.2 Å². The number of anilines is 1. The number of carbonyl (C=O) groups excluding carboxylic acids is 1. The van der Waals surface area contributed by atoms with Gasteiger partial charge in [-0.15, -0.1) is 0 Å². The van der Waals surface area contributed by atoms with E-state index in [2.05, 4.69) is 19.9 Å². The van der Waals surface area contributed by atoms with Gasteiger partial charge >= 0.3 is 6.01 Å². The molecule has 3 saturated heterocycles. The van der Waals surface area contributed by atoms with Gasteiger partial charge in [-0.2, -0.15) is 9.97 Å². The first-order valence-corrected chi connectivity index (χ1v) is 17.2. The molecule has 3 aliphatic rings. The lowest BCUT2D eigenvalue weighted by Crippen LogP contribution is -2.43. The van der Waals surface area contributed by atoms with Gasteiger partial charge in [0.1, 0.15) is 29.9 Å². The summed E-state index contributed by atoms with van der Waals surface area (Å²) in [6, 6.07) is 11.3. The molecule has 0 unspecified atom stereocenters. The fourth-order valence-corrected chi connectivity index (χ4v) is 8.11. The van der Waals surface area contributed by atoms with Crippen molar-refractivity contribution < 1.29 is 18.3 Å². The number of carbonyl (C=O) groups is 1. The Hall–Kier alpha value is -4.61. The highest BCUT2D eigenvalue weighted by atomic mass is 35.5. The predicted molar refractivity (Wildman–Crippen MR) is 187 cm³/mol. The van der Waals surface area contributed by atoms with Crippen LogP contribution in [0.2, 0.25) is 5.02 Å². The minimum Gasteiger partial charge on any atom is -0.461 e. The van der Waals surface area contributed by atoms with Crippen molar-refractivity contribution in [3.63, 3.8) is 0 Å². The van der Waals surface area contributed by atoms with Crippen LogP contribution in [0.3, 0.4) is 0 Å². The Morgan fingerprint density at radius 2 is 1.94 bits per heavy atom. The molecule has 3 fully saturated rings. The van der Waals surface area contributed by atoms with E-state index in [1.54, 1.807) is 29.5 Å². The summed E-state index contributed by atoms with van der Waals surface area (Å²) in [7, 11) is 1.92. The zero-order chi connectivity index (χ0) is 33.7. The van der Waals surface area contributed by atoms with Crippen molar-refractivity contribution in [3.05, 3.63) is 77.4 Å². The van der Waals surface area contributed by atoms with Crippen molar-refractivity contribution in [1.82, 2.24) is 29.7 Å². The molecule has 6 heterocycles. The van der Waals surface area contributed by atoms with Gasteiger partial charge in [0, 0.05) is 60.5 Å². The minimum atomic E-state index is -0.566. The first-order chi connectivity index (χ1) is 23.8. The number of oxazole rings is 1. The Bertz CT molecular complexity index is 2090. The molecule has 0 spiro atoms. The van der Waals surface area contributed by atoms with Gasteiger partial charge in [0.05, 0.1) is 16.6 Å². The molecule has 12 heteroatoms. The number of pyridine rings is 1. The summed E-state index contributed by atoms with van der Waals surface area (Å²) >= 11 is 6.63. The Morgan fingerprint density at radius 1 is 1.14 bits per heavy atom. The monoisotopic (exact) mass is 681 g/mol. The van der Waals surface area contributed by atoms with Gasteiger partial charge in [0.15, 0.2) is 5.82 Å². The number of amides is 1. The van der Waals surface area contributed by atoms with E-state index in [0.29, 0.717) is 53.8 Å². The topological polar surface area (TPSA) is 101 Å². The molecule has 8 rings (SSSR count). The summed E-state index contributed by atoms with van der Waals surface area (Å²) in [5.74, 6) is 0.192. The van der Waals surface area contributed by atoms with Gasteiger partial charge in [-0.25, -0.2) is 9.37 Å². The Morgan fingerprint density at radius 3 is 2.71 bits per heavy atom. The number of halogens is 2. The Kier molecular flexibility index (Phi) is 8.19. The van der Waals surface area contributed by atoms with E-state index in [-0.39, 0.29) is 34.7 Å². The van der Waals surface area contributed by atoms with Crippen LogP contribution in [0.25, 0.3) is 39.0 Å². The fraction of sp³-hybridized carbons (Fsp3) is 0.378. The minimum absolute atomic E-state index is 0.0320. The van der Waals surface area contributed by atoms with Crippen LogP contribution in [-0.2, 0) is 4.79 Å². The van der Waals surface area contributed by atoms with E-state index in [4.69, 9.17) is 25.7 Å². The maximum Gasteiger partial charge on any atom is 0.319 e. The molecule has 1 amide bonds. The third-order valence-corrected chi connectivity index (χ3v) is 10.7. The van der Waals surface area contributed by atoms with E-state index in [1.165, 1.54) is 6.08 Å². The first kappa shape index (κ1) is 31.6. The molecule has 252 valence electrons. The summed E-state index contributed by atoms with van der Waals surface area (Å²) in [5.41, 5.74) is 1.59. The van der Waals surface area contributed by atoms with E-state index >= 15 is 4.39 Å². The van der Waals surface area contributed by atoms with E-state index in [9.17, 15) is 4.79 Å². The van der Waals surface area contributed by atoms with Gasteiger partial charge in [-0.05, 0) is 63.6 Å². The number of benzene rings is 2. The molecule has 3 aromatic heterocycles. The summed E-state index contributed by atoms with van der Waals surface area (Å²) in [6.45, 7) is 5.44. The van der Waals surface area contributed by atoms with Crippen molar-refractivity contribution >= 4 is 51.1 Å². The lowest BCUT2D eigenvalue weighted by Gasteiger charge is -2.31. The SMILES string of the molecule is Cc1coc(/C=C/C(=O)N2CC[C@@H](N(C)c3nc(OCC45CCCN4CCC5)nc4c(F)c(-c5cccc6cccc(Cl)c56)ncc34)C2)n1. The average molecular weight is 682 g/mol. The molecule has 2 aromatic carbocycles. The number of rotatable bonds is 8. The van der Waals surface area contributed by atoms with Crippen LogP contribution in [0.5, 0.6) is 6.01 Å². The number of hydrogen-bond donors (Lipinski definition) is 0. The third kappa shape index (κ3) is 5.78. The molecule has 1 atom stereocenters. The standard InChI is InChI=1S/C37H37ClFN7O3/c1-23-21-48-29(41-23)11-12-30(47)45-18-13-25(20-45)44(2)35-27-19-40-33(26-9-3-7-24-8-4-10-28(38)31(24)26)32(39)34(27)42-36(43-35)49-22-37-14-5-16-46(37)17-6-15-37/h3-4,7-12,19,21,25H,5-6,13-18,20,22H2,1-2H3/b12-11+/t25-/m1/s1. The number of likely N-dealkylation sites (tertiary alicyclic amines) is 1. The number of aryl methyl sites for hydroxylation is 1.